The first-order valence-electron chi connectivity index (χ1n) is 8.11. The fourth-order valence-corrected chi connectivity index (χ4v) is 5.98. The van der Waals surface area contributed by atoms with Crippen molar-refractivity contribution in [3.8, 4) is 5.75 Å². The molecule has 0 aromatic heterocycles. The van der Waals surface area contributed by atoms with Gasteiger partial charge >= 0.3 is 0 Å². The third-order valence-electron chi connectivity index (χ3n) is 5.22. The zero-order valence-corrected chi connectivity index (χ0v) is 13.5. The summed E-state index contributed by atoms with van der Waals surface area (Å²) in [4.78, 5) is 0.421. The molecule has 0 amide bonds. The summed E-state index contributed by atoms with van der Waals surface area (Å²) in [5.41, 5.74) is 0.815. The van der Waals surface area contributed by atoms with Crippen LogP contribution in [0.15, 0.2) is 23.1 Å². The van der Waals surface area contributed by atoms with Gasteiger partial charge in [0.2, 0.25) is 10.0 Å². The molecule has 22 heavy (non-hydrogen) atoms. The smallest absolute Gasteiger partial charge is 0.243 e. The van der Waals surface area contributed by atoms with Crippen LogP contribution in [0.25, 0.3) is 0 Å². The number of nitrogens with zero attached hydrogens (tertiary/aromatic N) is 1. The summed E-state index contributed by atoms with van der Waals surface area (Å²) < 4.78 is 33.6. The molecule has 0 saturated carbocycles. The lowest BCUT2D eigenvalue weighted by atomic mass is 9.97. The fourth-order valence-electron chi connectivity index (χ4n) is 4.07. The Labute approximate surface area is 131 Å². The Hall–Kier alpha value is -1.11. The highest BCUT2D eigenvalue weighted by Gasteiger charge is 2.49. The second-order valence-corrected chi connectivity index (χ2v) is 8.42. The van der Waals surface area contributed by atoms with E-state index < -0.39 is 10.0 Å². The van der Waals surface area contributed by atoms with E-state index >= 15 is 0 Å². The first kappa shape index (κ1) is 14.5. The molecule has 0 aliphatic carbocycles. The third-order valence-corrected chi connectivity index (χ3v) is 7.22. The summed E-state index contributed by atoms with van der Waals surface area (Å²) in [7, 11) is -3.43. The van der Waals surface area contributed by atoms with E-state index in [9.17, 15) is 8.42 Å². The molecule has 4 rings (SSSR count). The number of hydrogen-bond acceptors (Lipinski definition) is 4. The molecule has 0 bridgehead atoms. The van der Waals surface area contributed by atoms with Gasteiger partial charge in [-0.2, -0.15) is 4.31 Å². The number of nitrogens with one attached hydrogen (secondary N) is 1. The highest BCUT2D eigenvalue weighted by atomic mass is 32.2. The second kappa shape index (κ2) is 5.22. The Morgan fingerprint density at radius 3 is 2.95 bits per heavy atom. The quantitative estimate of drug-likeness (QED) is 0.897. The van der Waals surface area contributed by atoms with Crippen LogP contribution in [0.2, 0.25) is 0 Å². The van der Waals surface area contributed by atoms with Gasteiger partial charge in [0.25, 0.3) is 0 Å². The lowest BCUT2D eigenvalue weighted by molar-refractivity contribution is 0.264. The van der Waals surface area contributed by atoms with E-state index in [-0.39, 0.29) is 5.54 Å². The fraction of sp³-hybridized carbons (Fsp3) is 0.625. The number of hydrogen-bond donors (Lipinski definition) is 1. The second-order valence-electron chi connectivity index (χ2n) is 6.55. The number of aryl methyl sites for hydroxylation is 1. The largest absolute Gasteiger partial charge is 0.493 e. The van der Waals surface area contributed by atoms with E-state index in [1.807, 2.05) is 12.1 Å². The molecule has 3 aliphatic heterocycles. The van der Waals surface area contributed by atoms with Crippen molar-refractivity contribution in [1.29, 1.82) is 0 Å². The SMILES string of the molecule is O=S(=O)(c1ccc2c(c1)CCCO2)N1CCCC12CCNC2. The van der Waals surface area contributed by atoms with Crippen LogP contribution in [0, 0.1) is 0 Å². The van der Waals surface area contributed by atoms with Gasteiger partial charge in [-0.1, -0.05) is 0 Å². The Kier molecular flexibility index (Phi) is 3.43. The van der Waals surface area contributed by atoms with Crippen molar-refractivity contribution in [2.45, 2.75) is 42.5 Å². The lowest BCUT2D eigenvalue weighted by Gasteiger charge is -2.33. The molecule has 2 fully saturated rings. The maximum Gasteiger partial charge on any atom is 0.243 e. The molecule has 1 aromatic rings. The Morgan fingerprint density at radius 2 is 2.14 bits per heavy atom. The van der Waals surface area contributed by atoms with Crippen LogP contribution in [0.3, 0.4) is 0 Å². The van der Waals surface area contributed by atoms with Gasteiger partial charge in [-0.3, -0.25) is 0 Å². The molecule has 120 valence electrons. The number of fused-ring (bicyclic) bond motifs is 1. The number of sulfonamides is 1. The van der Waals surface area contributed by atoms with Gasteiger partial charge in [-0.05, 0) is 62.4 Å². The minimum Gasteiger partial charge on any atom is -0.493 e. The molecular weight excluding hydrogens is 300 g/mol. The van der Waals surface area contributed by atoms with E-state index in [0.717, 1.165) is 63.1 Å². The van der Waals surface area contributed by atoms with Crippen LogP contribution in [-0.2, 0) is 16.4 Å². The highest BCUT2D eigenvalue weighted by Crippen LogP contribution is 2.39. The first-order valence-corrected chi connectivity index (χ1v) is 9.55. The Balaban J connectivity index is 1.71. The average Bonchev–Trinajstić information content (AvgIpc) is 3.17. The molecule has 6 heteroatoms. The summed E-state index contributed by atoms with van der Waals surface area (Å²) >= 11 is 0. The van der Waals surface area contributed by atoms with Crippen LogP contribution in [-0.4, -0.2) is 44.5 Å². The van der Waals surface area contributed by atoms with E-state index in [4.69, 9.17) is 4.74 Å². The molecule has 1 aromatic carbocycles. The summed E-state index contributed by atoms with van der Waals surface area (Å²) in [6.07, 6.45) is 4.68. The molecule has 5 nitrogen and oxygen atoms in total. The topological polar surface area (TPSA) is 58.6 Å². The first-order chi connectivity index (χ1) is 10.6. The zero-order valence-electron chi connectivity index (χ0n) is 12.7. The van der Waals surface area contributed by atoms with E-state index in [1.165, 1.54) is 0 Å². The normalized spacial score (nSPS) is 28.7. The van der Waals surface area contributed by atoms with Crippen molar-refractivity contribution in [3.05, 3.63) is 23.8 Å². The molecule has 3 aliphatic rings. The molecular formula is C16H22N2O3S. The monoisotopic (exact) mass is 322 g/mol. The maximum atomic E-state index is 13.1. The standard InChI is InChI=1S/C16H22N2O3S/c19-22(20,18-9-2-6-16(18)7-8-17-12-16)14-4-5-15-13(11-14)3-1-10-21-15/h4-5,11,17H,1-3,6-10,12H2. The van der Waals surface area contributed by atoms with Crippen LogP contribution in [0.4, 0.5) is 0 Å². The highest BCUT2D eigenvalue weighted by molar-refractivity contribution is 7.89. The maximum absolute atomic E-state index is 13.1. The summed E-state index contributed by atoms with van der Waals surface area (Å²) in [5, 5.41) is 3.33. The molecule has 3 heterocycles. The van der Waals surface area contributed by atoms with Gasteiger partial charge in [0, 0.05) is 18.6 Å². The van der Waals surface area contributed by atoms with Crippen LogP contribution >= 0.6 is 0 Å². The van der Waals surface area contributed by atoms with Gasteiger partial charge in [0.15, 0.2) is 0 Å². The minimum atomic E-state index is -3.43. The molecule has 0 radical (unpaired) electrons. The van der Waals surface area contributed by atoms with Crippen LogP contribution < -0.4 is 10.1 Å². The van der Waals surface area contributed by atoms with Gasteiger partial charge in [-0.25, -0.2) is 8.42 Å². The molecule has 1 spiro atoms. The van der Waals surface area contributed by atoms with Crippen molar-refractivity contribution in [2.75, 3.05) is 26.2 Å². The van der Waals surface area contributed by atoms with Gasteiger partial charge in [0.1, 0.15) is 5.75 Å². The zero-order chi connectivity index (χ0) is 15.2. The summed E-state index contributed by atoms with van der Waals surface area (Å²) in [6, 6.07) is 5.34. The summed E-state index contributed by atoms with van der Waals surface area (Å²) in [5.74, 6) is 0.837. The predicted molar refractivity (Wildman–Crippen MR) is 83.6 cm³/mol. The van der Waals surface area contributed by atoms with Crippen molar-refractivity contribution >= 4 is 10.0 Å². The number of ether oxygens (including phenoxy) is 1. The number of rotatable bonds is 2. The van der Waals surface area contributed by atoms with Gasteiger partial charge in [0.05, 0.1) is 11.5 Å². The van der Waals surface area contributed by atoms with Crippen LogP contribution in [0.1, 0.15) is 31.2 Å². The van der Waals surface area contributed by atoms with E-state index in [0.29, 0.717) is 11.4 Å². The van der Waals surface area contributed by atoms with E-state index in [1.54, 1.807) is 10.4 Å². The number of benzene rings is 1. The van der Waals surface area contributed by atoms with Gasteiger partial charge < -0.3 is 10.1 Å². The average molecular weight is 322 g/mol. The van der Waals surface area contributed by atoms with Crippen molar-refractivity contribution in [1.82, 2.24) is 9.62 Å². The van der Waals surface area contributed by atoms with E-state index in [2.05, 4.69) is 5.32 Å². The third kappa shape index (κ3) is 2.16. The predicted octanol–water partition coefficient (Wildman–Crippen LogP) is 1.53. The van der Waals surface area contributed by atoms with Gasteiger partial charge in [-0.15, -0.1) is 0 Å². The van der Waals surface area contributed by atoms with Crippen molar-refractivity contribution < 1.29 is 13.2 Å². The Bertz CT molecular complexity index is 675. The molecule has 1 N–H and O–H groups in total. The molecule has 1 unspecified atom stereocenters. The molecule has 2 saturated heterocycles. The lowest BCUT2D eigenvalue weighted by Crippen LogP contribution is -2.48. The summed E-state index contributed by atoms with van der Waals surface area (Å²) in [6.45, 7) is 3.04. The molecule has 1 atom stereocenters. The van der Waals surface area contributed by atoms with Crippen LogP contribution in [0.5, 0.6) is 5.75 Å². The van der Waals surface area contributed by atoms with Crippen molar-refractivity contribution in [3.63, 3.8) is 0 Å². The Morgan fingerprint density at radius 1 is 1.23 bits per heavy atom. The minimum absolute atomic E-state index is 0.203. The van der Waals surface area contributed by atoms with Crippen molar-refractivity contribution in [2.24, 2.45) is 0 Å².